The maximum atomic E-state index is 12.4. The van der Waals surface area contributed by atoms with E-state index in [-0.39, 0.29) is 12.1 Å². The van der Waals surface area contributed by atoms with Crippen molar-refractivity contribution in [2.45, 2.75) is 25.0 Å². The normalized spacial score (nSPS) is 16.8. The molecule has 7 nitrogen and oxygen atoms in total. The quantitative estimate of drug-likeness (QED) is 0.911. The summed E-state index contributed by atoms with van der Waals surface area (Å²) in [5, 5.41) is 7.16. The van der Waals surface area contributed by atoms with Crippen molar-refractivity contribution in [3.63, 3.8) is 0 Å². The number of urea groups is 1. The average molecular weight is 329 g/mol. The van der Waals surface area contributed by atoms with Crippen LogP contribution in [0.4, 0.5) is 4.79 Å². The summed E-state index contributed by atoms with van der Waals surface area (Å²) in [7, 11) is 1.66. The fourth-order valence-corrected chi connectivity index (χ4v) is 3.04. The molecule has 1 N–H and O–H groups in total. The molecule has 2 amide bonds. The number of aromatic nitrogens is 3. The number of piperidine rings is 1. The molecule has 0 unspecified atom stereocenters. The Morgan fingerprint density at radius 3 is 2.71 bits per heavy atom. The molecule has 0 saturated carbocycles. The lowest BCUT2D eigenvalue weighted by Crippen LogP contribution is -2.45. The van der Waals surface area contributed by atoms with Gasteiger partial charge in [0, 0.05) is 26.7 Å². The number of nitrogens with one attached hydrogen (secondary N) is 1. The molecule has 2 heterocycles. The van der Waals surface area contributed by atoms with E-state index in [1.165, 1.54) is 0 Å². The lowest BCUT2D eigenvalue weighted by molar-refractivity contribution is 0.0998. The smallest absolute Gasteiger partial charge is 0.317 e. The summed E-state index contributed by atoms with van der Waals surface area (Å²) < 4.78 is 7.37. The molecule has 24 heavy (non-hydrogen) atoms. The van der Waals surface area contributed by atoms with Gasteiger partial charge >= 0.3 is 6.03 Å². The highest BCUT2D eigenvalue weighted by molar-refractivity contribution is 5.74. The van der Waals surface area contributed by atoms with Crippen LogP contribution in [-0.2, 0) is 4.74 Å². The maximum absolute atomic E-state index is 12.4. The number of hydrogen-bond acceptors (Lipinski definition) is 4. The number of methoxy groups -OCH3 is 1. The Hall–Kier alpha value is -2.41. The van der Waals surface area contributed by atoms with E-state index in [4.69, 9.17) is 4.74 Å². The van der Waals surface area contributed by atoms with Crippen LogP contribution in [-0.4, -0.2) is 52.4 Å². The Labute approximate surface area is 141 Å². The Morgan fingerprint density at radius 2 is 2.08 bits per heavy atom. The molecular formula is C17H23N5O2. The standard InChI is InChI=1S/C17H23N5O2/c1-24-16(14-5-3-2-4-6-14)11-19-17(23)21-9-7-15(8-10-21)22-13-18-12-20-22/h2-6,12-13,15-16H,7-11H2,1H3,(H,19,23)/t16-/m0/s1. The van der Waals surface area contributed by atoms with Crippen LogP contribution in [0.3, 0.4) is 0 Å². The van der Waals surface area contributed by atoms with Gasteiger partial charge < -0.3 is 15.0 Å². The molecule has 0 aliphatic carbocycles. The van der Waals surface area contributed by atoms with Crippen molar-refractivity contribution >= 4 is 6.03 Å². The van der Waals surface area contributed by atoms with Crippen LogP contribution in [0.5, 0.6) is 0 Å². The molecule has 2 aromatic rings. The summed E-state index contributed by atoms with van der Waals surface area (Å²) in [6.07, 6.45) is 4.94. The third kappa shape index (κ3) is 3.91. The first-order valence-corrected chi connectivity index (χ1v) is 8.22. The molecule has 1 aliphatic heterocycles. The molecule has 0 radical (unpaired) electrons. The molecule has 1 aliphatic rings. The van der Waals surface area contributed by atoms with Crippen LogP contribution >= 0.6 is 0 Å². The first-order chi connectivity index (χ1) is 11.8. The molecule has 1 atom stereocenters. The topological polar surface area (TPSA) is 72.3 Å². The number of carbonyl (C=O) groups excluding carboxylic acids is 1. The number of benzene rings is 1. The Balaban J connectivity index is 1.47. The lowest BCUT2D eigenvalue weighted by atomic mass is 10.1. The fourth-order valence-electron chi connectivity index (χ4n) is 3.04. The molecule has 1 aromatic carbocycles. The predicted molar refractivity (Wildman–Crippen MR) is 89.5 cm³/mol. The number of ether oxygens (including phenoxy) is 1. The maximum Gasteiger partial charge on any atom is 0.317 e. The van der Waals surface area contributed by atoms with Crippen LogP contribution in [0.15, 0.2) is 43.0 Å². The van der Waals surface area contributed by atoms with Crippen LogP contribution in [0, 0.1) is 0 Å². The molecule has 128 valence electrons. The van der Waals surface area contributed by atoms with Crippen molar-refractivity contribution in [1.82, 2.24) is 25.0 Å². The first kappa shape index (κ1) is 16.4. The predicted octanol–water partition coefficient (Wildman–Crippen LogP) is 2.01. The largest absolute Gasteiger partial charge is 0.375 e. The minimum atomic E-state index is -0.136. The zero-order valence-corrected chi connectivity index (χ0v) is 13.8. The van der Waals surface area contributed by atoms with E-state index >= 15 is 0 Å². The van der Waals surface area contributed by atoms with Gasteiger partial charge in [-0.3, -0.25) is 0 Å². The van der Waals surface area contributed by atoms with Gasteiger partial charge in [-0.05, 0) is 18.4 Å². The minimum Gasteiger partial charge on any atom is -0.375 e. The first-order valence-electron chi connectivity index (χ1n) is 8.22. The highest BCUT2D eigenvalue weighted by Crippen LogP contribution is 2.21. The summed E-state index contributed by atoms with van der Waals surface area (Å²) in [5.74, 6) is 0. The second-order valence-corrected chi connectivity index (χ2v) is 5.91. The van der Waals surface area contributed by atoms with Crippen LogP contribution < -0.4 is 5.32 Å². The lowest BCUT2D eigenvalue weighted by Gasteiger charge is -2.32. The summed E-state index contributed by atoms with van der Waals surface area (Å²) in [6.45, 7) is 1.90. The molecule has 3 rings (SSSR count). The molecule has 0 spiro atoms. The van der Waals surface area contributed by atoms with Crippen LogP contribution in [0.25, 0.3) is 0 Å². The van der Waals surface area contributed by atoms with Gasteiger partial charge in [0.25, 0.3) is 0 Å². The van der Waals surface area contributed by atoms with E-state index < -0.39 is 0 Å². The molecule has 1 saturated heterocycles. The molecule has 0 bridgehead atoms. The number of amides is 2. The summed E-state index contributed by atoms with van der Waals surface area (Å²) >= 11 is 0. The number of hydrogen-bond donors (Lipinski definition) is 1. The van der Waals surface area contributed by atoms with Crippen molar-refractivity contribution in [3.05, 3.63) is 48.5 Å². The van der Waals surface area contributed by atoms with Crippen molar-refractivity contribution in [2.24, 2.45) is 0 Å². The van der Waals surface area contributed by atoms with Crippen molar-refractivity contribution in [1.29, 1.82) is 0 Å². The molecule has 1 aromatic heterocycles. The van der Waals surface area contributed by atoms with E-state index in [1.807, 2.05) is 39.9 Å². The van der Waals surface area contributed by atoms with E-state index in [0.717, 1.165) is 31.5 Å². The Bertz CT molecular complexity index is 624. The molecule has 1 fully saturated rings. The summed E-state index contributed by atoms with van der Waals surface area (Å²) in [5.41, 5.74) is 1.06. The van der Waals surface area contributed by atoms with Crippen molar-refractivity contribution in [2.75, 3.05) is 26.7 Å². The Kier molecular flexibility index (Phi) is 5.43. The van der Waals surface area contributed by atoms with E-state index in [0.29, 0.717) is 12.6 Å². The summed E-state index contributed by atoms with van der Waals surface area (Å²) in [4.78, 5) is 18.2. The monoisotopic (exact) mass is 329 g/mol. The molecular weight excluding hydrogens is 306 g/mol. The van der Waals surface area contributed by atoms with E-state index in [1.54, 1.807) is 19.8 Å². The van der Waals surface area contributed by atoms with Crippen LogP contribution in [0.2, 0.25) is 0 Å². The second-order valence-electron chi connectivity index (χ2n) is 5.91. The average Bonchev–Trinajstić information content (AvgIpc) is 3.18. The number of carbonyl (C=O) groups is 1. The number of nitrogens with zero attached hydrogens (tertiary/aromatic N) is 4. The SMILES string of the molecule is CO[C@@H](CNC(=O)N1CCC(n2cncn2)CC1)c1ccccc1. The van der Waals surface area contributed by atoms with Gasteiger partial charge in [0.05, 0.1) is 12.1 Å². The van der Waals surface area contributed by atoms with Gasteiger partial charge in [-0.1, -0.05) is 30.3 Å². The number of rotatable bonds is 5. The third-order valence-corrected chi connectivity index (χ3v) is 4.46. The Morgan fingerprint density at radius 1 is 1.33 bits per heavy atom. The van der Waals surface area contributed by atoms with Crippen molar-refractivity contribution < 1.29 is 9.53 Å². The minimum absolute atomic E-state index is 0.0370. The fraction of sp³-hybridized carbons (Fsp3) is 0.471. The van der Waals surface area contributed by atoms with E-state index in [9.17, 15) is 4.79 Å². The second kappa shape index (κ2) is 7.92. The number of likely N-dealkylation sites (tertiary alicyclic amines) is 1. The van der Waals surface area contributed by atoms with Gasteiger partial charge in [0.1, 0.15) is 12.7 Å². The van der Waals surface area contributed by atoms with Gasteiger partial charge in [-0.2, -0.15) is 5.10 Å². The van der Waals surface area contributed by atoms with Gasteiger partial charge in [-0.25, -0.2) is 14.5 Å². The highest BCUT2D eigenvalue weighted by atomic mass is 16.5. The highest BCUT2D eigenvalue weighted by Gasteiger charge is 2.24. The van der Waals surface area contributed by atoms with Crippen LogP contribution in [0.1, 0.15) is 30.6 Å². The van der Waals surface area contributed by atoms with E-state index in [2.05, 4.69) is 15.4 Å². The molecule has 7 heteroatoms. The van der Waals surface area contributed by atoms with Gasteiger partial charge in [0.15, 0.2) is 0 Å². The third-order valence-electron chi connectivity index (χ3n) is 4.46. The van der Waals surface area contributed by atoms with Gasteiger partial charge in [0.2, 0.25) is 0 Å². The summed E-state index contributed by atoms with van der Waals surface area (Å²) in [6, 6.07) is 10.2. The van der Waals surface area contributed by atoms with Gasteiger partial charge in [-0.15, -0.1) is 0 Å². The zero-order chi connectivity index (χ0) is 16.8. The van der Waals surface area contributed by atoms with Crippen molar-refractivity contribution in [3.8, 4) is 0 Å². The zero-order valence-electron chi connectivity index (χ0n) is 13.8.